The van der Waals surface area contributed by atoms with Gasteiger partial charge in [0.2, 0.25) is 0 Å². The van der Waals surface area contributed by atoms with Crippen molar-refractivity contribution in [1.29, 1.82) is 0 Å². The van der Waals surface area contributed by atoms with Crippen LogP contribution in [0, 0.1) is 0 Å². The fourth-order valence-electron chi connectivity index (χ4n) is 4.94. The number of carbonyl (C=O) groups excluding carboxylic acids is 2. The molecule has 2 heterocycles. The highest BCUT2D eigenvalue weighted by Crippen LogP contribution is 2.42. The van der Waals surface area contributed by atoms with Crippen LogP contribution in [0.2, 0.25) is 0 Å². The zero-order chi connectivity index (χ0) is 25.5. The lowest BCUT2D eigenvalue weighted by atomic mass is 9.89. The number of alkyl halides is 3. The molecule has 1 atom stereocenters. The second-order valence-electron chi connectivity index (χ2n) is 8.56. The highest BCUT2D eigenvalue weighted by Gasteiger charge is 2.38. The average molecular weight is 491 g/mol. The molecule has 35 heavy (non-hydrogen) atoms. The second kappa shape index (κ2) is 9.31. The number of rotatable bonds is 3. The van der Waals surface area contributed by atoms with Gasteiger partial charge in [0.1, 0.15) is 0 Å². The van der Waals surface area contributed by atoms with Crippen LogP contribution in [0.1, 0.15) is 51.1 Å². The molecule has 0 spiro atoms. The largest absolute Gasteiger partial charge is 0.490 e. The molecule has 2 amide bonds. The van der Waals surface area contributed by atoms with Crippen LogP contribution in [0.5, 0.6) is 0 Å². The summed E-state index contributed by atoms with van der Waals surface area (Å²) in [5, 5.41) is 21.7. The normalized spacial score (nSPS) is 17.5. The number of fused-ring (bicyclic) bond motifs is 8. The Morgan fingerprint density at radius 3 is 2.31 bits per heavy atom. The SMILES string of the molecule is NCCCn1c2ccccc2c2c3c(c4c(c21)CCC(O)CC4)C(=O)NC3=O.O=C(O)C(F)(F)F. The summed E-state index contributed by atoms with van der Waals surface area (Å²) in [5.74, 6) is -3.39. The number of aromatic nitrogens is 1. The Labute approximate surface area is 197 Å². The fourth-order valence-corrected chi connectivity index (χ4v) is 4.94. The summed E-state index contributed by atoms with van der Waals surface area (Å²) >= 11 is 0. The number of nitrogens with two attached hydrogens (primary N) is 1. The van der Waals surface area contributed by atoms with Gasteiger partial charge in [-0.3, -0.25) is 14.9 Å². The molecule has 0 saturated heterocycles. The van der Waals surface area contributed by atoms with E-state index in [1.165, 1.54) is 0 Å². The van der Waals surface area contributed by atoms with Crippen molar-refractivity contribution >= 4 is 39.6 Å². The minimum absolute atomic E-state index is 0.312. The lowest BCUT2D eigenvalue weighted by molar-refractivity contribution is -0.192. The molecule has 0 bridgehead atoms. The molecule has 11 heteroatoms. The maximum atomic E-state index is 12.8. The zero-order valence-electron chi connectivity index (χ0n) is 18.6. The van der Waals surface area contributed by atoms with Gasteiger partial charge in [-0.15, -0.1) is 0 Å². The van der Waals surface area contributed by atoms with E-state index in [0.717, 1.165) is 45.9 Å². The molecule has 2 aliphatic rings. The predicted octanol–water partition coefficient (Wildman–Crippen LogP) is 2.90. The number of amides is 2. The zero-order valence-corrected chi connectivity index (χ0v) is 18.6. The topological polar surface area (TPSA) is 135 Å². The first-order valence-corrected chi connectivity index (χ1v) is 11.2. The van der Waals surface area contributed by atoms with Crippen LogP contribution in [0.4, 0.5) is 13.2 Å². The van der Waals surface area contributed by atoms with E-state index in [2.05, 4.69) is 16.0 Å². The molecule has 1 aromatic heterocycles. The highest BCUT2D eigenvalue weighted by atomic mass is 19.4. The molecular formula is C24H24F3N3O5. The molecule has 1 aliphatic heterocycles. The van der Waals surface area contributed by atoms with Crippen LogP contribution >= 0.6 is 0 Å². The first-order valence-electron chi connectivity index (χ1n) is 11.2. The van der Waals surface area contributed by atoms with Crippen LogP contribution in [0.25, 0.3) is 21.8 Å². The number of carbonyl (C=O) groups is 3. The van der Waals surface area contributed by atoms with Crippen molar-refractivity contribution in [1.82, 2.24) is 9.88 Å². The average Bonchev–Trinajstić information content (AvgIpc) is 3.19. The number of imide groups is 1. The molecule has 0 fully saturated rings. The summed E-state index contributed by atoms with van der Waals surface area (Å²) in [4.78, 5) is 34.4. The Hall–Kier alpha value is -3.44. The number of halogens is 3. The highest BCUT2D eigenvalue weighted by molar-refractivity contribution is 6.31. The predicted molar refractivity (Wildman–Crippen MR) is 121 cm³/mol. The Balaban J connectivity index is 0.000000364. The number of aliphatic hydroxyl groups is 1. The molecule has 1 unspecified atom stereocenters. The Morgan fingerprint density at radius 1 is 1.09 bits per heavy atom. The summed E-state index contributed by atoms with van der Waals surface area (Å²) in [6.45, 7) is 1.34. The number of benzene rings is 2. The number of hydrogen-bond acceptors (Lipinski definition) is 5. The Bertz CT molecular complexity index is 1350. The van der Waals surface area contributed by atoms with Gasteiger partial charge >= 0.3 is 12.1 Å². The van der Waals surface area contributed by atoms with Crippen molar-refractivity contribution in [2.45, 2.75) is 50.9 Å². The number of nitrogens with zero attached hydrogens (tertiary/aromatic N) is 1. The molecule has 186 valence electrons. The smallest absolute Gasteiger partial charge is 0.475 e. The standard InChI is InChI=1S/C22H23N3O3.C2HF3O2/c23-10-3-11-25-16-5-2-1-4-15(16)17-19-18(21(27)24-22(19)28)13-8-6-12(26)7-9-14(13)20(17)25;3-2(4,5)1(6)7/h1-2,4-5,12,26H,3,6-11,23H2,(H,24,27,28);(H,6,7). The third-order valence-electron chi connectivity index (χ3n) is 6.39. The number of aliphatic hydroxyl groups excluding tert-OH is 1. The van der Waals surface area contributed by atoms with Gasteiger partial charge in [0.05, 0.1) is 22.7 Å². The van der Waals surface area contributed by atoms with E-state index in [9.17, 15) is 27.9 Å². The van der Waals surface area contributed by atoms with Crippen molar-refractivity contribution in [3.63, 3.8) is 0 Å². The van der Waals surface area contributed by atoms with Crippen molar-refractivity contribution in [3.8, 4) is 0 Å². The van der Waals surface area contributed by atoms with Crippen molar-refractivity contribution in [2.75, 3.05) is 6.54 Å². The number of para-hydroxylation sites is 1. The number of carboxylic acids is 1. The van der Waals surface area contributed by atoms with Crippen molar-refractivity contribution in [3.05, 3.63) is 46.5 Å². The molecular weight excluding hydrogens is 467 g/mol. The van der Waals surface area contributed by atoms with Crippen LogP contribution in [-0.2, 0) is 24.2 Å². The van der Waals surface area contributed by atoms with Gasteiger partial charge in [-0.05, 0) is 55.8 Å². The summed E-state index contributed by atoms with van der Waals surface area (Å²) in [6, 6.07) is 8.04. The van der Waals surface area contributed by atoms with E-state index in [1.807, 2.05) is 18.2 Å². The van der Waals surface area contributed by atoms with E-state index in [4.69, 9.17) is 15.6 Å². The van der Waals surface area contributed by atoms with Gasteiger partial charge < -0.3 is 20.5 Å². The molecule has 5 rings (SSSR count). The van der Waals surface area contributed by atoms with Gasteiger partial charge in [-0.2, -0.15) is 13.2 Å². The molecule has 0 saturated carbocycles. The summed E-state index contributed by atoms with van der Waals surface area (Å²) in [6.07, 6.45) is -2.08. The van der Waals surface area contributed by atoms with Crippen LogP contribution in [-0.4, -0.2) is 51.4 Å². The van der Waals surface area contributed by atoms with Gasteiger partial charge in [0.25, 0.3) is 11.8 Å². The molecule has 3 aromatic rings. The van der Waals surface area contributed by atoms with Gasteiger partial charge in [-0.1, -0.05) is 18.2 Å². The third kappa shape index (κ3) is 4.37. The van der Waals surface area contributed by atoms with Crippen molar-refractivity contribution in [2.24, 2.45) is 5.73 Å². The van der Waals surface area contributed by atoms with E-state index in [1.54, 1.807) is 0 Å². The monoisotopic (exact) mass is 491 g/mol. The number of aliphatic carboxylic acids is 1. The first kappa shape index (κ1) is 24.7. The number of hydrogen-bond donors (Lipinski definition) is 4. The van der Waals surface area contributed by atoms with Crippen LogP contribution in [0.15, 0.2) is 24.3 Å². The molecule has 0 radical (unpaired) electrons. The molecule has 5 N–H and O–H groups in total. The minimum atomic E-state index is -5.08. The summed E-state index contributed by atoms with van der Waals surface area (Å²) < 4.78 is 34.0. The van der Waals surface area contributed by atoms with Crippen LogP contribution < -0.4 is 11.1 Å². The number of carboxylic acid groups (broad SMARTS) is 1. The maximum absolute atomic E-state index is 12.8. The van der Waals surface area contributed by atoms with Gasteiger partial charge in [0, 0.05) is 22.8 Å². The second-order valence-corrected chi connectivity index (χ2v) is 8.56. The number of aryl methyl sites for hydroxylation is 2. The maximum Gasteiger partial charge on any atom is 0.490 e. The quantitative estimate of drug-likeness (QED) is 0.329. The van der Waals surface area contributed by atoms with E-state index < -0.39 is 12.1 Å². The fraction of sp³-hybridized carbons (Fsp3) is 0.375. The number of nitrogens with one attached hydrogen (secondary N) is 1. The van der Waals surface area contributed by atoms with E-state index in [0.29, 0.717) is 43.4 Å². The lowest BCUT2D eigenvalue weighted by Gasteiger charge is -2.15. The lowest BCUT2D eigenvalue weighted by Crippen LogP contribution is -2.21. The molecule has 1 aliphatic carbocycles. The Kier molecular flexibility index (Phi) is 6.56. The Morgan fingerprint density at radius 2 is 1.69 bits per heavy atom. The summed E-state index contributed by atoms with van der Waals surface area (Å²) in [5.41, 5.74) is 10.9. The molecule has 8 nitrogen and oxygen atoms in total. The van der Waals surface area contributed by atoms with E-state index >= 15 is 0 Å². The van der Waals surface area contributed by atoms with Gasteiger partial charge in [-0.25, -0.2) is 4.79 Å². The van der Waals surface area contributed by atoms with E-state index in [-0.39, 0.29) is 17.9 Å². The van der Waals surface area contributed by atoms with Gasteiger partial charge in [0.15, 0.2) is 0 Å². The summed E-state index contributed by atoms with van der Waals surface area (Å²) in [7, 11) is 0. The van der Waals surface area contributed by atoms with Crippen LogP contribution in [0.3, 0.4) is 0 Å². The minimum Gasteiger partial charge on any atom is -0.475 e. The molecule has 2 aromatic carbocycles. The third-order valence-corrected chi connectivity index (χ3v) is 6.39. The van der Waals surface area contributed by atoms with Crippen molar-refractivity contribution < 1.29 is 37.8 Å². The first-order chi connectivity index (χ1) is 16.6.